The number of fused-ring (bicyclic) bond motifs is 1. The molecule has 0 bridgehead atoms. The van der Waals surface area contributed by atoms with E-state index in [1.54, 1.807) is 0 Å². The predicted molar refractivity (Wildman–Crippen MR) is 81.8 cm³/mol. The molecule has 3 aliphatic rings. The molecule has 3 atom stereocenters. The van der Waals surface area contributed by atoms with Crippen molar-refractivity contribution in [3.63, 3.8) is 0 Å². The zero-order chi connectivity index (χ0) is 14.4. The van der Waals surface area contributed by atoms with Gasteiger partial charge in [-0.15, -0.1) is 0 Å². The van der Waals surface area contributed by atoms with Crippen LogP contribution in [0.15, 0.2) is 0 Å². The molecule has 2 N–H and O–H groups in total. The molecule has 3 saturated heterocycles. The summed E-state index contributed by atoms with van der Waals surface area (Å²) >= 11 is 0. The summed E-state index contributed by atoms with van der Waals surface area (Å²) in [4.78, 5) is 5.35. The zero-order valence-corrected chi connectivity index (χ0v) is 13.4. The molecule has 0 aromatic carbocycles. The van der Waals surface area contributed by atoms with E-state index < -0.39 is 0 Å². The van der Waals surface area contributed by atoms with Crippen LogP contribution in [-0.4, -0.2) is 65.8 Å². The second kappa shape index (κ2) is 5.24. The minimum Gasteiger partial charge on any atom is -0.370 e. The molecule has 0 spiro atoms. The van der Waals surface area contributed by atoms with E-state index in [1.165, 1.54) is 38.8 Å². The van der Waals surface area contributed by atoms with Crippen LogP contribution in [0.1, 0.15) is 46.5 Å². The maximum Gasteiger partial charge on any atom is 0.0757 e. The predicted octanol–water partition coefficient (Wildman–Crippen LogP) is 1.44. The van der Waals surface area contributed by atoms with E-state index in [0.29, 0.717) is 6.10 Å². The molecule has 4 nitrogen and oxygen atoms in total. The fourth-order valence-corrected chi connectivity index (χ4v) is 4.73. The van der Waals surface area contributed by atoms with Crippen molar-refractivity contribution in [1.82, 2.24) is 9.80 Å². The third-order valence-electron chi connectivity index (χ3n) is 5.60. The monoisotopic (exact) mass is 281 g/mol. The molecular weight excluding hydrogens is 250 g/mol. The molecule has 0 amide bonds. The fourth-order valence-electron chi connectivity index (χ4n) is 4.73. The lowest BCUT2D eigenvalue weighted by Crippen LogP contribution is -2.66. The van der Waals surface area contributed by atoms with Crippen LogP contribution in [-0.2, 0) is 4.74 Å². The zero-order valence-electron chi connectivity index (χ0n) is 13.4. The Morgan fingerprint density at radius 1 is 1.30 bits per heavy atom. The number of ether oxygens (including phenoxy) is 1. The molecule has 3 aliphatic heterocycles. The van der Waals surface area contributed by atoms with E-state index in [4.69, 9.17) is 10.5 Å². The standard InChI is InChI=1S/C16H31N3O/c1-13-10-19(12-15(2,3)20-13)16(11-17)6-8-18-7-4-5-14(18)9-16/h13-14H,4-12,17H2,1-3H3. The molecule has 0 aliphatic carbocycles. The normalized spacial score (nSPS) is 42.6. The van der Waals surface area contributed by atoms with Crippen molar-refractivity contribution in [2.45, 2.75) is 69.7 Å². The third kappa shape index (κ3) is 2.63. The lowest BCUT2D eigenvalue weighted by atomic mass is 9.80. The minimum atomic E-state index is -0.0490. The smallest absolute Gasteiger partial charge is 0.0757 e. The highest BCUT2D eigenvalue weighted by molar-refractivity contribution is 5.04. The Hall–Kier alpha value is -0.160. The van der Waals surface area contributed by atoms with Crippen molar-refractivity contribution < 1.29 is 4.74 Å². The Morgan fingerprint density at radius 2 is 2.10 bits per heavy atom. The topological polar surface area (TPSA) is 41.7 Å². The second-order valence-electron chi connectivity index (χ2n) is 7.78. The molecule has 0 aromatic heterocycles. The van der Waals surface area contributed by atoms with Gasteiger partial charge in [-0.05, 0) is 53.0 Å². The number of piperidine rings is 1. The average molecular weight is 281 g/mol. The van der Waals surface area contributed by atoms with Crippen LogP contribution in [0.25, 0.3) is 0 Å². The Morgan fingerprint density at radius 3 is 2.80 bits per heavy atom. The number of morpholine rings is 1. The Balaban J connectivity index is 1.78. The SMILES string of the molecule is CC1CN(C2(CN)CCN3CCCC3C2)CC(C)(C)O1. The van der Waals surface area contributed by atoms with Crippen molar-refractivity contribution in [2.24, 2.45) is 5.73 Å². The Bertz CT molecular complexity index is 360. The maximum absolute atomic E-state index is 6.28. The van der Waals surface area contributed by atoms with Gasteiger partial charge in [-0.3, -0.25) is 4.90 Å². The van der Waals surface area contributed by atoms with Crippen molar-refractivity contribution in [3.05, 3.63) is 0 Å². The van der Waals surface area contributed by atoms with Crippen LogP contribution in [0, 0.1) is 0 Å². The van der Waals surface area contributed by atoms with E-state index in [-0.39, 0.29) is 11.1 Å². The lowest BCUT2D eigenvalue weighted by molar-refractivity contribution is -0.161. The Labute approximate surface area is 123 Å². The van der Waals surface area contributed by atoms with Gasteiger partial charge < -0.3 is 15.4 Å². The minimum absolute atomic E-state index is 0.0490. The van der Waals surface area contributed by atoms with Crippen molar-refractivity contribution in [3.8, 4) is 0 Å². The van der Waals surface area contributed by atoms with Gasteiger partial charge >= 0.3 is 0 Å². The van der Waals surface area contributed by atoms with Crippen molar-refractivity contribution in [1.29, 1.82) is 0 Å². The number of nitrogens with two attached hydrogens (primary N) is 1. The van der Waals surface area contributed by atoms with Crippen molar-refractivity contribution >= 4 is 0 Å². The summed E-state index contributed by atoms with van der Waals surface area (Å²) < 4.78 is 6.08. The summed E-state index contributed by atoms with van der Waals surface area (Å²) in [5.41, 5.74) is 6.45. The fraction of sp³-hybridized carbons (Fsp3) is 1.00. The first kappa shape index (κ1) is 14.8. The van der Waals surface area contributed by atoms with Gasteiger partial charge in [0.15, 0.2) is 0 Å². The van der Waals surface area contributed by atoms with Crippen LogP contribution in [0.3, 0.4) is 0 Å². The lowest BCUT2D eigenvalue weighted by Gasteiger charge is -2.55. The van der Waals surface area contributed by atoms with Crippen molar-refractivity contribution in [2.75, 3.05) is 32.7 Å². The third-order valence-corrected chi connectivity index (χ3v) is 5.60. The first-order valence-electron chi connectivity index (χ1n) is 8.31. The molecule has 0 radical (unpaired) electrons. The number of hydrogen-bond acceptors (Lipinski definition) is 4. The summed E-state index contributed by atoms with van der Waals surface area (Å²) in [6.45, 7) is 12.0. The van der Waals surface area contributed by atoms with E-state index >= 15 is 0 Å². The first-order chi connectivity index (χ1) is 9.44. The van der Waals surface area contributed by atoms with Gasteiger partial charge in [0.25, 0.3) is 0 Å². The summed E-state index contributed by atoms with van der Waals surface area (Å²) in [6, 6.07) is 0.772. The van der Waals surface area contributed by atoms with Gasteiger partial charge in [-0.2, -0.15) is 0 Å². The van der Waals surface area contributed by atoms with Gasteiger partial charge in [0.2, 0.25) is 0 Å². The van der Waals surface area contributed by atoms with Crippen LogP contribution >= 0.6 is 0 Å². The van der Waals surface area contributed by atoms with Crippen LogP contribution < -0.4 is 5.73 Å². The van der Waals surface area contributed by atoms with Gasteiger partial charge in [-0.1, -0.05) is 0 Å². The van der Waals surface area contributed by atoms with Crippen LogP contribution in [0.2, 0.25) is 0 Å². The molecule has 3 heterocycles. The molecule has 0 saturated carbocycles. The van der Waals surface area contributed by atoms with E-state index in [9.17, 15) is 0 Å². The van der Waals surface area contributed by atoms with Gasteiger partial charge in [0.1, 0.15) is 0 Å². The summed E-state index contributed by atoms with van der Waals surface area (Å²) in [5.74, 6) is 0. The van der Waals surface area contributed by atoms with E-state index in [2.05, 4.69) is 30.6 Å². The molecule has 116 valence electrons. The molecule has 20 heavy (non-hydrogen) atoms. The van der Waals surface area contributed by atoms with Gasteiger partial charge in [-0.25, -0.2) is 0 Å². The highest BCUT2D eigenvalue weighted by atomic mass is 16.5. The molecule has 3 fully saturated rings. The molecule has 4 heteroatoms. The quantitative estimate of drug-likeness (QED) is 0.832. The van der Waals surface area contributed by atoms with E-state index in [0.717, 1.165) is 25.7 Å². The van der Waals surface area contributed by atoms with E-state index in [1.807, 2.05) is 0 Å². The number of nitrogens with zero attached hydrogens (tertiary/aromatic N) is 2. The highest BCUT2D eigenvalue weighted by Crippen LogP contribution is 2.38. The molecular formula is C16H31N3O. The molecule has 3 rings (SSSR count). The second-order valence-corrected chi connectivity index (χ2v) is 7.78. The van der Waals surface area contributed by atoms with Crippen LogP contribution in [0.5, 0.6) is 0 Å². The number of rotatable bonds is 2. The van der Waals surface area contributed by atoms with Gasteiger partial charge in [0, 0.05) is 37.8 Å². The Kier molecular flexibility index (Phi) is 3.87. The average Bonchev–Trinajstić information content (AvgIpc) is 2.82. The largest absolute Gasteiger partial charge is 0.370 e. The first-order valence-corrected chi connectivity index (χ1v) is 8.31. The molecule has 0 aromatic rings. The highest BCUT2D eigenvalue weighted by Gasteiger charge is 2.47. The summed E-state index contributed by atoms with van der Waals surface area (Å²) in [5, 5.41) is 0. The van der Waals surface area contributed by atoms with Crippen LogP contribution in [0.4, 0.5) is 0 Å². The summed E-state index contributed by atoms with van der Waals surface area (Å²) in [6.07, 6.45) is 5.53. The summed E-state index contributed by atoms with van der Waals surface area (Å²) in [7, 11) is 0. The number of hydrogen-bond donors (Lipinski definition) is 1. The maximum atomic E-state index is 6.28. The molecule has 3 unspecified atom stereocenters. The van der Waals surface area contributed by atoms with Gasteiger partial charge in [0.05, 0.1) is 11.7 Å².